The molecule has 2 N–H and O–H groups in total. The third-order valence-corrected chi connectivity index (χ3v) is 5.04. The second-order valence-corrected chi connectivity index (χ2v) is 7.52. The van der Waals surface area contributed by atoms with E-state index in [4.69, 9.17) is 4.74 Å². The van der Waals surface area contributed by atoms with Crippen molar-refractivity contribution in [2.75, 3.05) is 13.1 Å². The molecule has 1 aliphatic rings. The predicted octanol–water partition coefficient (Wildman–Crippen LogP) is 3.62. The largest absolute Gasteiger partial charge is 0.573 e. The lowest BCUT2D eigenvalue weighted by Gasteiger charge is -2.33. The van der Waals surface area contributed by atoms with Crippen LogP contribution >= 0.6 is 0 Å². The van der Waals surface area contributed by atoms with Gasteiger partial charge in [-0.15, -0.1) is 13.2 Å². The van der Waals surface area contributed by atoms with Gasteiger partial charge in [-0.2, -0.15) is 0 Å². The van der Waals surface area contributed by atoms with Crippen molar-refractivity contribution >= 4 is 11.8 Å². The summed E-state index contributed by atoms with van der Waals surface area (Å²) >= 11 is 0. The Morgan fingerprint density at radius 3 is 2.27 bits per heavy atom. The maximum atomic E-state index is 13.1. The molecule has 1 atom stereocenters. The van der Waals surface area contributed by atoms with Crippen molar-refractivity contribution in [3.8, 4) is 17.2 Å². The van der Waals surface area contributed by atoms with Crippen LogP contribution in [0.15, 0.2) is 42.5 Å². The summed E-state index contributed by atoms with van der Waals surface area (Å²) in [5.74, 6) is -2.21. The number of phenols is 1. The molecule has 2 aromatic carbocycles. The number of hydrogen-bond acceptors (Lipinski definition) is 5. The van der Waals surface area contributed by atoms with E-state index in [1.54, 1.807) is 4.90 Å². The van der Waals surface area contributed by atoms with Gasteiger partial charge in [0.15, 0.2) is 0 Å². The molecule has 11 heteroatoms. The lowest BCUT2D eigenvalue weighted by Crippen LogP contribution is -2.50. The number of hydrogen-bond donors (Lipinski definition) is 2. The molecule has 0 spiro atoms. The monoisotopic (exact) mass is 470 g/mol. The van der Waals surface area contributed by atoms with Crippen LogP contribution in [-0.2, 0) is 4.79 Å². The molecule has 0 radical (unpaired) electrons. The van der Waals surface area contributed by atoms with Gasteiger partial charge in [-0.05, 0) is 43.3 Å². The number of benzene rings is 2. The fourth-order valence-corrected chi connectivity index (χ4v) is 3.41. The van der Waals surface area contributed by atoms with E-state index in [0.29, 0.717) is 31.7 Å². The third kappa shape index (κ3) is 6.74. The van der Waals surface area contributed by atoms with Crippen LogP contribution in [0.1, 0.15) is 30.1 Å². The van der Waals surface area contributed by atoms with E-state index in [1.807, 2.05) is 0 Å². The van der Waals surface area contributed by atoms with Gasteiger partial charge < -0.3 is 24.8 Å². The topological polar surface area (TPSA) is 88.1 Å². The number of halogens is 4. The Hall–Kier alpha value is -3.50. The highest BCUT2D eigenvalue weighted by molar-refractivity contribution is 5.99. The van der Waals surface area contributed by atoms with Crippen molar-refractivity contribution in [3.63, 3.8) is 0 Å². The molecule has 0 bridgehead atoms. The van der Waals surface area contributed by atoms with Gasteiger partial charge in [0.25, 0.3) is 5.91 Å². The van der Waals surface area contributed by atoms with Crippen LogP contribution in [0.3, 0.4) is 0 Å². The molecule has 7 nitrogen and oxygen atoms in total. The molecular weight excluding hydrogens is 448 g/mol. The highest BCUT2D eigenvalue weighted by atomic mass is 19.4. The molecular formula is C22H22F4N2O5. The Balaban J connectivity index is 1.47. The first-order valence-electron chi connectivity index (χ1n) is 10.1. The molecule has 33 heavy (non-hydrogen) atoms. The van der Waals surface area contributed by atoms with Crippen molar-refractivity contribution in [1.82, 2.24) is 10.2 Å². The zero-order valence-electron chi connectivity index (χ0n) is 17.6. The fraction of sp³-hybridized carbons (Fsp3) is 0.364. The zero-order chi connectivity index (χ0) is 24.2. The SMILES string of the molecule is C[C@H](NC(=O)c1ccc(F)cc1O)C(=O)N1CCC(Oc2ccc(OC(F)(F)F)cc2)CC1. The van der Waals surface area contributed by atoms with Gasteiger partial charge in [0.05, 0.1) is 5.56 Å². The summed E-state index contributed by atoms with van der Waals surface area (Å²) in [6, 6.07) is 7.16. The summed E-state index contributed by atoms with van der Waals surface area (Å²) in [5, 5.41) is 12.2. The number of piperidine rings is 1. The number of alkyl halides is 3. The Morgan fingerprint density at radius 1 is 1.09 bits per heavy atom. The minimum Gasteiger partial charge on any atom is -0.507 e. The lowest BCUT2D eigenvalue weighted by atomic mass is 10.1. The molecule has 0 saturated carbocycles. The van der Waals surface area contributed by atoms with Gasteiger partial charge in [0.1, 0.15) is 35.2 Å². The highest BCUT2D eigenvalue weighted by Crippen LogP contribution is 2.26. The number of aromatic hydroxyl groups is 1. The standard InChI is InChI=1S/C22H22F4N2O5/c1-13(27-20(30)18-7-2-14(23)12-19(18)29)21(31)28-10-8-16(9-11-28)32-15-3-5-17(6-4-15)33-22(24,25)26/h2-7,12-13,16,29H,8-11H2,1H3,(H,27,30)/t13-/m0/s1. The van der Waals surface area contributed by atoms with Gasteiger partial charge >= 0.3 is 6.36 Å². The zero-order valence-corrected chi connectivity index (χ0v) is 17.6. The average Bonchev–Trinajstić information content (AvgIpc) is 2.74. The van der Waals surface area contributed by atoms with Crippen molar-refractivity contribution in [2.24, 2.45) is 0 Å². The van der Waals surface area contributed by atoms with Crippen LogP contribution in [0.2, 0.25) is 0 Å². The number of nitrogens with one attached hydrogen (secondary N) is 1. The van der Waals surface area contributed by atoms with Crippen LogP contribution < -0.4 is 14.8 Å². The summed E-state index contributed by atoms with van der Waals surface area (Å²) in [4.78, 5) is 26.5. The van der Waals surface area contributed by atoms with Crippen molar-refractivity contribution < 1.29 is 41.7 Å². The van der Waals surface area contributed by atoms with Crippen LogP contribution in [0.4, 0.5) is 17.6 Å². The number of carbonyl (C=O) groups is 2. The van der Waals surface area contributed by atoms with E-state index >= 15 is 0 Å². The molecule has 3 rings (SSSR count). The molecule has 1 saturated heterocycles. The Morgan fingerprint density at radius 2 is 1.70 bits per heavy atom. The molecule has 0 unspecified atom stereocenters. The van der Waals surface area contributed by atoms with Crippen molar-refractivity contribution in [2.45, 2.75) is 38.3 Å². The molecule has 0 aliphatic carbocycles. The fourth-order valence-electron chi connectivity index (χ4n) is 3.41. The van der Waals surface area contributed by atoms with E-state index in [2.05, 4.69) is 10.1 Å². The van der Waals surface area contributed by atoms with Crippen molar-refractivity contribution in [1.29, 1.82) is 0 Å². The summed E-state index contributed by atoms with van der Waals surface area (Å²) in [5.41, 5.74) is -0.144. The molecule has 1 aliphatic heterocycles. The van der Waals surface area contributed by atoms with E-state index in [9.17, 15) is 32.3 Å². The molecule has 1 heterocycles. The Kier molecular flexibility index (Phi) is 7.29. The smallest absolute Gasteiger partial charge is 0.507 e. The van der Waals surface area contributed by atoms with Gasteiger partial charge in [-0.1, -0.05) is 0 Å². The van der Waals surface area contributed by atoms with Crippen LogP contribution in [0.25, 0.3) is 0 Å². The first-order valence-corrected chi connectivity index (χ1v) is 10.1. The highest BCUT2D eigenvalue weighted by Gasteiger charge is 2.31. The normalized spacial score (nSPS) is 15.6. The summed E-state index contributed by atoms with van der Waals surface area (Å²) in [7, 11) is 0. The minimum atomic E-state index is -4.77. The summed E-state index contributed by atoms with van der Waals surface area (Å²) in [6.07, 6.45) is -4.01. The predicted molar refractivity (Wildman–Crippen MR) is 108 cm³/mol. The van der Waals surface area contributed by atoms with E-state index in [0.717, 1.165) is 30.3 Å². The molecule has 2 amide bonds. The van der Waals surface area contributed by atoms with Gasteiger partial charge in [-0.3, -0.25) is 9.59 Å². The maximum absolute atomic E-state index is 13.1. The molecule has 178 valence electrons. The van der Waals surface area contributed by atoms with Gasteiger partial charge in [-0.25, -0.2) is 4.39 Å². The number of ether oxygens (including phenoxy) is 2. The molecule has 0 aromatic heterocycles. The van der Waals surface area contributed by atoms with E-state index in [-0.39, 0.29) is 23.3 Å². The first-order chi connectivity index (χ1) is 15.5. The molecule has 1 fully saturated rings. The second kappa shape index (κ2) is 9.97. The average molecular weight is 470 g/mol. The number of phenolic OH excluding ortho intramolecular Hbond substituents is 1. The summed E-state index contributed by atoms with van der Waals surface area (Å²) in [6.45, 7) is 2.23. The molecule has 2 aromatic rings. The maximum Gasteiger partial charge on any atom is 0.573 e. The van der Waals surface area contributed by atoms with Crippen LogP contribution in [0, 0.1) is 5.82 Å². The second-order valence-electron chi connectivity index (χ2n) is 7.52. The number of carbonyl (C=O) groups excluding carboxylic acids is 2. The summed E-state index contributed by atoms with van der Waals surface area (Å²) < 4.78 is 59.4. The van der Waals surface area contributed by atoms with Crippen molar-refractivity contribution in [3.05, 3.63) is 53.8 Å². The van der Waals surface area contributed by atoms with Gasteiger partial charge in [0, 0.05) is 32.0 Å². The van der Waals surface area contributed by atoms with E-state index < -0.39 is 29.9 Å². The van der Waals surface area contributed by atoms with Crippen LogP contribution in [0.5, 0.6) is 17.2 Å². The Labute approximate surface area is 186 Å². The first kappa shape index (κ1) is 24.1. The minimum absolute atomic E-state index is 0.144. The third-order valence-electron chi connectivity index (χ3n) is 5.04. The van der Waals surface area contributed by atoms with Gasteiger partial charge in [0.2, 0.25) is 5.91 Å². The quantitative estimate of drug-likeness (QED) is 0.630. The van der Waals surface area contributed by atoms with E-state index in [1.165, 1.54) is 19.1 Å². The number of nitrogens with zero attached hydrogens (tertiary/aromatic N) is 1. The number of likely N-dealkylation sites (tertiary alicyclic amines) is 1. The lowest BCUT2D eigenvalue weighted by molar-refractivity contribution is -0.274. The number of amides is 2. The number of rotatable bonds is 6. The Bertz CT molecular complexity index is 989. The van der Waals surface area contributed by atoms with Crippen LogP contribution in [-0.4, -0.2) is 53.4 Å².